The van der Waals surface area contributed by atoms with Gasteiger partial charge >= 0.3 is 6.03 Å². The van der Waals surface area contributed by atoms with E-state index in [0.717, 1.165) is 11.3 Å². The molecule has 26 heavy (non-hydrogen) atoms. The number of rotatable bonds is 6. The van der Waals surface area contributed by atoms with Crippen molar-refractivity contribution in [1.82, 2.24) is 16.2 Å². The Bertz CT molecular complexity index is 741. The van der Waals surface area contributed by atoms with Crippen LogP contribution in [0.25, 0.3) is 0 Å². The van der Waals surface area contributed by atoms with Crippen LogP contribution in [0.3, 0.4) is 0 Å². The first kappa shape index (κ1) is 17.8. The molecule has 7 nitrogen and oxygen atoms in total. The Hall–Kier alpha value is -3.06. The first-order valence-corrected chi connectivity index (χ1v) is 8.58. The van der Waals surface area contributed by atoms with E-state index in [9.17, 15) is 9.59 Å². The van der Waals surface area contributed by atoms with Crippen molar-refractivity contribution in [3.8, 4) is 5.75 Å². The minimum absolute atomic E-state index is 0.0251. The van der Waals surface area contributed by atoms with E-state index in [4.69, 9.17) is 4.74 Å². The second-order valence-corrected chi connectivity index (χ2v) is 5.91. The van der Waals surface area contributed by atoms with E-state index >= 15 is 0 Å². The van der Waals surface area contributed by atoms with Crippen molar-refractivity contribution in [2.45, 2.75) is 18.9 Å². The molecule has 0 bridgehead atoms. The van der Waals surface area contributed by atoms with Crippen LogP contribution in [0, 0.1) is 0 Å². The molecule has 1 fully saturated rings. The molecule has 1 aliphatic rings. The van der Waals surface area contributed by atoms with Crippen LogP contribution in [0.15, 0.2) is 54.6 Å². The molecule has 2 aromatic carbocycles. The predicted molar refractivity (Wildman–Crippen MR) is 98.7 cm³/mol. The standard InChI is InChI=1S/C19H22N4O3/c24-18-11-10-17(22-23-18)15-8-4-5-9-16(15)21-19(25)20-12-13-26-14-6-2-1-3-7-14/h1-9,17,22H,10-13H2,(H,23,24)(H2,20,21,25). The maximum absolute atomic E-state index is 12.1. The number of ether oxygens (including phenoxy) is 1. The fourth-order valence-corrected chi connectivity index (χ4v) is 2.74. The van der Waals surface area contributed by atoms with Crippen LogP contribution in [0.1, 0.15) is 24.4 Å². The molecular weight excluding hydrogens is 332 g/mol. The number of urea groups is 1. The van der Waals surface area contributed by atoms with Gasteiger partial charge in [-0.2, -0.15) is 0 Å². The quantitative estimate of drug-likeness (QED) is 0.599. The van der Waals surface area contributed by atoms with E-state index in [1.807, 2.05) is 54.6 Å². The highest BCUT2D eigenvalue weighted by Crippen LogP contribution is 2.27. The highest BCUT2D eigenvalue weighted by Gasteiger charge is 2.21. The smallest absolute Gasteiger partial charge is 0.319 e. The zero-order chi connectivity index (χ0) is 18.2. The first-order valence-electron chi connectivity index (χ1n) is 8.58. The summed E-state index contributed by atoms with van der Waals surface area (Å²) in [7, 11) is 0. The summed E-state index contributed by atoms with van der Waals surface area (Å²) >= 11 is 0. The fraction of sp³-hybridized carbons (Fsp3) is 0.263. The average Bonchev–Trinajstić information content (AvgIpc) is 2.67. The van der Waals surface area contributed by atoms with Crippen LogP contribution in [0.4, 0.5) is 10.5 Å². The van der Waals surface area contributed by atoms with Gasteiger partial charge in [0.05, 0.1) is 12.6 Å². The zero-order valence-corrected chi connectivity index (χ0v) is 14.3. The lowest BCUT2D eigenvalue weighted by Gasteiger charge is -2.26. The number of nitrogens with one attached hydrogen (secondary N) is 4. The molecular formula is C19H22N4O3. The third-order valence-corrected chi connectivity index (χ3v) is 4.03. The van der Waals surface area contributed by atoms with Crippen molar-refractivity contribution in [1.29, 1.82) is 0 Å². The molecule has 3 amide bonds. The Morgan fingerprint density at radius 1 is 1.12 bits per heavy atom. The largest absolute Gasteiger partial charge is 0.492 e. The van der Waals surface area contributed by atoms with Gasteiger partial charge in [-0.05, 0) is 30.2 Å². The van der Waals surface area contributed by atoms with E-state index in [0.29, 0.717) is 31.7 Å². The molecule has 0 saturated carbocycles. The van der Waals surface area contributed by atoms with Gasteiger partial charge in [-0.15, -0.1) is 0 Å². The molecule has 136 valence electrons. The van der Waals surface area contributed by atoms with E-state index < -0.39 is 0 Å². The number of carbonyl (C=O) groups is 2. The number of benzene rings is 2. The molecule has 1 aliphatic heterocycles. The summed E-state index contributed by atoms with van der Waals surface area (Å²) in [6, 6.07) is 16.7. The molecule has 2 aromatic rings. The van der Waals surface area contributed by atoms with Gasteiger partial charge in [-0.3, -0.25) is 10.2 Å². The number of anilines is 1. The number of hydrogen-bond donors (Lipinski definition) is 4. The molecule has 0 radical (unpaired) electrons. The van der Waals surface area contributed by atoms with Crippen molar-refractivity contribution < 1.29 is 14.3 Å². The van der Waals surface area contributed by atoms with Crippen molar-refractivity contribution in [3.05, 3.63) is 60.2 Å². The number of carbonyl (C=O) groups excluding carboxylic acids is 2. The number of hydrogen-bond acceptors (Lipinski definition) is 4. The van der Waals surface area contributed by atoms with Gasteiger partial charge in [0.2, 0.25) is 5.91 Å². The van der Waals surface area contributed by atoms with Crippen LogP contribution in [0.5, 0.6) is 5.75 Å². The lowest BCUT2D eigenvalue weighted by molar-refractivity contribution is -0.124. The van der Waals surface area contributed by atoms with Crippen molar-refractivity contribution >= 4 is 17.6 Å². The Morgan fingerprint density at radius 3 is 2.65 bits per heavy atom. The molecule has 1 atom stereocenters. The summed E-state index contributed by atoms with van der Waals surface area (Å²) in [5.74, 6) is 0.744. The summed E-state index contributed by atoms with van der Waals surface area (Å²) < 4.78 is 5.54. The summed E-state index contributed by atoms with van der Waals surface area (Å²) in [5.41, 5.74) is 7.26. The van der Waals surface area contributed by atoms with Gasteiger partial charge in [-0.25, -0.2) is 10.2 Å². The Balaban J connectivity index is 1.49. The number of hydrazine groups is 1. The minimum Gasteiger partial charge on any atom is -0.492 e. The normalized spacial score (nSPS) is 16.5. The lowest BCUT2D eigenvalue weighted by Crippen LogP contribution is -2.44. The molecule has 0 aliphatic carbocycles. The Kier molecular flexibility index (Phi) is 6.05. The molecule has 0 spiro atoms. The molecule has 1 unspecified atom stereocenters. The maximum atomic E-state index is 12.1. The molecule has 1 heterocycles. The van der Waals surface area contributed by atoms with Gasteiger partial charge in [-0.1, -0.05) is 36.4 Å². The lowest BCUT2D eigenvalue weighted by atomic mass is 9.99. The number of amides is 3. The average molecular weight is 354 g/mol. The monoisotopic (exact) mass is 354 g/mol. The summed E-state index contributed by atoms with van der Waals surface area (Å²) in [4.78, 5) is 23.4. The van der Waals surface area contributed by atoms with Gasteiger partial charge in [0.15, 0.2) is 0 Å². The molecule has 1 saturated heterocycles. The highest BCUT2D eigenvalue weighted by atomic mass is 16.5. The van der Waals surface area contributed by atoms with Crippen LogP contribution in [-0.4, -0.2) is 25.1 Å². The molecule has 4 N–H and O–H groups in total. The van der Waals surface area contributed by atoms with Crippen molar-refractivity contribution in [2.75, 3.05) is 18.5 Å². The summed E-state index contributed by atoms with van der Waals surface area (Å²) in [6.45, 7) is 0.774. The van der Waals surface area contributed by atoms with E-state index in [-0.39, 0.29) is 18.0 Å². The van der Waals surface area contributed by atoms with Gasteiger partial charge in [0, 0.05) is 12.1 Å². The topological polar surface area (TPSA) is 91.5 Å². The second kappa shape index (κ2) is 8.87. The van der Waals surface area contributed by atoms with E-state index in [1.165, 1.54) is 0 Å². The molecule has 7 heteroatoms. The van der Waals surface area contributed by atoms with E-state index in [2.05, 4.69) is 21.5 Å². The summed E-state index contributed by atoms with van der Waals surface area (Å²) in [6.07, 6.45) is 1.13. The van der Waals surface area contributed by atoms with Gasteiger partial charge < -0.3 is 15.4 Å². The fourth-order valence-electron chi connectivity index (χ4n) is 2.74. The maximum Gasteiger partial charge on any atom is 0.319 e. The third-order valence-electron chi connectivity index (χ3n) is 4.03. The SMILES string of the molecule is O=C1CCC(c2ccccc2NC(=O)NCCOc2ccccc2)NN1. The van der Waals surface area contributed by atoms with Crippen LogP contribution < -0.4 is 26.2 Å². The van der Waals surface area contributed by atoms with Crippen LogP contribution >= 0.6 is 0 Å². The number of para-hydroxylation sites is 2. The third kappa shape index (κ3) is 4.97. The van der Waals surface area contributed by atoms with Crippen LogP contribution in [0.2, 0.25) is 0 Å². The minimum atomic E-state index is -0.297. The highest BCUT2D eigenvalue weighted by molar-refractivity contribution is 5.90. The molecule has 0 aromatic heterocycles. The van der Waals surface area contributed by atoms with Crippen molar-refractivity contribution in [3.63, 3.8) is 0 Å². The first-order chi connectivity index (χ1) is 12.7. The van der Waals surface area contributed by atoms with Crippen molar-refractivity contribution in [2.24, 2.45) is 0 Å². The van der Waals surface area contributed by atoms with Gasteiger partial charge in [0.1, 0.15) is 12.4 Å². The predicted octanol–water partition coefficient (Wildman–Crippen LogP) is 2.34. The Morgan fingerprint density at radius 2 is 1.88 bits per heavy atom. The summed E-state index contributed by atoms with van der Waals surface area (Å²) in [5, 5.41) is 5.63. The van der Waals surface area contributed by atoms with Crippen LogP contribution in [-0.2, 0) is 4.79 Å². The van der Waals surface area contributed by atoms with Gasteiger partial charge in [0.25, 0.3) is 0 Å². The second-order valence-electron chi connectivity index (χ2n) is 5.91. The van der Waals surface area contributed by atoms with E-state index in [1.54, 1.807) is 0 Å². The zero-order valence-electron chi connectivity index (χ0n) is 14.3. The Labute approximate surface area is 152 Å². The molecule has 3 rings (SSSR count).